The molecule has 6 rings (SSSR count). The highest BCUT2D eigenvalue weighted by molar-refractivity contribution is 5.78. The Kier molecular flexibility index (Phi) is 8.29. The average molecular weight is 570 g/mol. The van der Waals surface area contributed by atoms with Gasteiger partial charge in [0.25, 0.3) is 6.43 Å². The van der Waals surface area contributed by atoms with Gasteiger partial charge in [-0.2, -0.15) is 9.97 Å². The Morgan fingerprint density at radius 1 is 1.07 bits per heavy atom. The van der Waals surface area contributed by atoms with Crippen molar-refractivity contribution < 1.29 is 23.0 Å². The highest BCUT2D eigenvalue weighted by Crippen LogP contribution is 2.33. The fourth-order valence-electron chi connectivity index (χ4n) is 6.51. The number of rotatable bonds is 8. The van der Waals surface area contributed by atoms with Crippen molar-refractivity contribution in [1.82, 2.24) is 24.4 Å². The number of aromatic nitrogens is 4. The number of imidazole rings is 1. The molecule has 0 amide bonds. The summed E-state index contributed by atoms with van der Waals surface area (Å²) in [5.74, 6) is 1.43. The van der Waals surface area contributed by atoms with E-state index in [-0.39, 0.29) is 17.8 Å². The number of para-hydroxylation sites is 2. The minimum absolute atomic E-state index is 0.116. The van der Waals surface area contributed by atoms with E-state index in [1.807, 2.05) is 11.0 Å². The summed E-state index contributed by atoms with van der Waals surface area (Å²) in [6, 6.07) is 9.13. The van der Waals surface area contributed by atoms with E-state index in [4.69, 9.17) is 19.4 Å². The molecule has 3 fully saturated rings. The first-order chi connectivity index (χ1) is 20.0. The van der Waals surface area contributed by atoms with Crippen LogP contribution in [0.25, 0.3) is 16.9 Å². The lowest BCUT2D eigenvalue weighted by molar-refractivity contribution is -0.147. The van der Waals surface area contributed by atoms with E-state index in [0.29, 0.717) is 66.9 Å². The SMILES string of the molecule is COC(=O)[C@@H]1CCCN1C1CCC(CNc2cc(-n3c(C(F)F)nc4ccccc43)nc(N3CCOCC3)n2)CC1. The van der Waals surface area contributed by atoms with Crippen LogP contribution in [0.3, 0.4) is 0 Å². The van der Waals surface area contributed by atoms with E-state index in [9.17, 15) is 13.6 Å². The lowest BCUT2D eigenvalue weighted by Crippen LogP contribution is -2.45. The van der Waals surface area contributed by atoms with Crippen LogP contribution in [0.15, 0.2) is 30.3 Å². The molecule has 2 aromatic heterocycles. The number of nitrogens with zero attached hydrogens (tertiary/aromatic N) is 6. The molecular weight excluding hydrogens is 532 g/mol. The first-order valence-corrected chi connectivity index (χ1v) is 14.6. The molecule has 10 nitrogen and oxygen atoms in total. The molecule has 41 heavy (non-hydrogen) atoms. The molecule has 1 N–H and O–H groups in total. The molecule has 0 unspecified atom stereocenters. The Labute approximate surface area is 238 Å². The van der Waals surface area contributed by atoms with Gasteiger partial charge >= 0.3 is 5.97 Å². The molecule has 220 valence electrons. The van der Waals surface area contributed by atoms with Crippen molar-refractivity contribution >= 4 is 28.8 Å². The number of ether oxygens (including phenoxy) is 2. The second-order valence-electron chi connectivity index (χ2n) is 11.1. The van der Waals surface area contributed by atoms with Gasteiger partial charge in [-0.1, -0.05) is 12.1 Å². The van der Waals surface area contributed by atoms with Gasteiger partial charge in [-0.3, -0.25) is 14.3 Å². The third-order valence-corrected chi connectivity index (χ3v) is 8.63. The molecular formula is C29H37F2N7O3. The summed E-state index contributed by atoms with van der Waals surface area (Å²) in [6.45, 7) is 4.04. The summed E-state index contributed by atoms with van der Waals surface area (Å²) in [5.41, 5.74) is 1.07. The van der Waals surface area contributed by atoms with Crippen molar-refractivity contribution in [2.75, 3.05) is 56.7 Å². The number of benzene rings is 1. The Bertz CT molecular complexity index is 1360. The summed E-state index contributed by atoms with van der Waals surface area (Å²) >= 11 is 0. The molecule has 2 aliphatic heterocycles. The van der Waals surface area contributed by atoms with Crippen LogP contribution in [-0.4, -0.2) is 89.0 Å². The van der Waals surface area contributed by atoms with Crippen LogP contribution in [-0.2, 0) is 14.3 Å². The van der Waals surface area contributed by atoms with Crippen LogP contribution in [0.5, 0.6) is 0 Å². The standard InChI is InChI=1S/C29H37F2N7O3/c1-40-28(39)23-7-4-12-37(23)20-10-8-19(9-11-20)18-32-24-17-25(35-29(34-24)36-13-15-41-16-14-36)38-22-6-3-2-5-21(22)33-27(38)26(30)31/h2-3,5-6,17,19-20,23,26H,4,7-16,18H2,1H3,(H,32,34,35)/t19?,20?,23-/m0/s1. The van der Waals surface area contributed by atoms with E-state index < -0.39 is 6.43 Å². The summed E-state index contributed by atoms with van der Waals surface area (Å²) in [7, 11) is 1.47. The van der Waals surface area contributed by atoms with Crippen LogP contribution in [0.1, 0.15) is 50.8 Å². The minimum Gasteiger partial charge on any atom is -0.468 e. The molecule has 12 heteroatoms. The molecule has 0 spiro atoms. The molecule has 1 aromatic carbocycles. The van der Waals surface area contributed by atoms with E-state index >= 15 is 0 Å². The van der Waals surface area contributed by atoms with Crippen molar-refractivity contribution in [1.29, 1.82) is 0 Å². The normalized spacial score (nSPS) is 23.8. The second kappa shape index (κ2) is 12.2. The maximum atomic E-state index is 14.1. The van der Waals surface area contributed by atoms with E-state index in [1.54, 1.807) is 24.3 Å². The first-order valence-electron chi connectivity index (χ1n) is 14.6. The maximum absolute atomic E-state index is 14.1. The molecule has 0 radical (unpaired) electrons. The number of likely N-dealkylation sites (tertiary alicyclic amines) is 1. The van der Waals surface area contributed by atoms with Crippen molar-refractivity contribution in [2.24, 2.45) is 5.92 Å². The van der Waals surface area contributed by atoms with Gasteiger partial charge in [0.2, 0.25) is 5.95 Å². The van der Waals surface area contributed by atoms with Crippen molar-refractivity contribution in [3.8, 4) is 5.82 Å². The third-order valence-electron chi connectivity index (χ3n) is 8.63. The van der Waals surface area contributed by atoms with Crippen molar-refractivity contribution in [2.45, 2.75) is 57.0 Å². The van der Waals surface area contributed by atoms with Gasteiger partial charge in [0.05, 0.1) is 31.4 Å². The summed E-state index contributed by atoms with van der Waals surface area (Å²) in [4.78, 5) is 30.3. The number of methoxy groups -OCH3 is 1. The highest BCUT2D eigenvalue weighted by Gasteiger charge is 2.37. The number of fused-ring (bicyclic) bond motifs is 1. The van der Waals surface area contributed by atoms with Gasteiger partial charge in [0.1, 0.15) is 17.7 Å². The molecule has 1 saturated carbocycles. The summed E-state index contributed by atoms with van der Waals surface area (Å²) < 4.78 is 40.2. The number of hydrogen-bond acceptors (Lipinski definition) is 9. The zero-order valence-electron chi connectivity index (χ0n) is 23.3. The molecule has 4 heterocycles. The monoisotopic (exact) mass is 569 g/mol. The minimum atomic E-state index is -2.76. The molecule has 1 atom stereocenters. The molecule has 2 saturated heterocycles. The second-order valence-corrected chi connectivity index (χ2v) is 11.1. The van der Waals surface area contributed by atoms with E-state index in [2.05, 4.69) is 15.2 Å². The number of halogens is 2. The van der Waals surface area contributed by atoms with Crippen LogP contribution in [0.2, 0.25) is 0 Å². The zero-order valence-corrected chi connectivity index (χ0v) is 23.3. The molecule has 0 bridgehead atoms. The number of morpholine rings is 1. The summed E-state index contributed by atoms with van der Waals surface area (Å²) in [6.07, 6.45) is 3.29. The molecule has 3 aliphatic rings. The number of nitrogens with one attached hydrogen (secondary N) is 1. The fraction of sp³-hybridized carbons (Fsp3) is 0.586. The Balaban J connectivity index is 1.21. The highest BCUT2D eigenvalue weighted by atomic mass is 19.3. The number of anilines is 2. The predicted molar refractivity (Wildman–Crippen MR) is 151 cm³/mol. The average Bonchev–Trinajstić information content (AvgIpc) is 3.66. The van der Waals surface area contributed by atoms with Crippen LogP contribution < -0.4 is 10.2 Å². The number of carbonyl (C=O) groups is 1. The number of esters is 1. The van der Waals surface area contributed by atoms with Gasteiger partial charge in [-0.05, 0) is 63.1 Å². The molecule has 1 aliphatic carbocycles. The topological polar surface area (TPSA) is 97.6 Å². The van der Waals surface area contributed by atoms with Gasteiger partial charge in [-0.15, -0.1) is 0 Å². The summed E-state index contributed by atoms with van der Waals surface area (Å²) in [5, 5.41) is 3.50. The van der Waals surface area contributed by atoms with Crippen LogP contribution in [0, 0.1) is 5.92 Å². The van der Waals surface area contributed by atoms with Crippen molar-refractivity contribution in [3.63, 3.8) is 0 Å². The van der Waals surface area contributed by atoms with Gasteiger partial charge in [0, 0.05) is 31.7 Å². The smallest absolute Gasteiger partial charge is 0.323 e. The van der Waals surface area contributed by atoms with Gasteiger partial charge < -0.3 is 19.7 Å². The number of hydrogen-bond donors (Lipinski definition) is 1. The predicted octanol–water partition coefficient (Wildman–Crippen LogP) is 4.20. The largest absolute Gasteiger partial charge is 0.468 e. The number of carbonyl (C=O) groups excluding carboxylic acids is 1. The third kappa shape index (κ3) is 5.85. The Morgan fingerprint density at radius 3 is 2.61 bits per heavy atom. The lowest BCUT2D eigenvalue weighted by Gasteiger charge is -2.37. The molecule has 3 aromatic rings. The lowest BCUT2D eigenvalue weighted by atomic mass is 9.85. The number of alkyl halides is 2. The van der Waals surface area contributed by atoms with Crippen LogP contribution in [0.4, 0.5) is 20.5 Å². The first kappa shape index (κ1) is 27.8. The maximum Gasteiger partial charge on any atom is 0.323 e. The van der Waals surface area contributed by atoms with E-state index in [1.165, 1.54) is 11.7 Å². The van der Waals surface area contributed by atoms with Crippen molar-refractivity contribution in [3.05, 3.63) is 36.2 Å². The fourth-order valence-corrected chi connectivity index (χ4v) is 6.51. The van der Waals surface area contributed by atoms with Gasteiger partial charge in [-0.25, -0.2) is 13.8 Å². The van der Waals surface area contributed by atoms with Gasteiger partial charge in [0.15, 0.2) is 5.82 Å². The van der Waals surface area contributed by atoms with Crippen LogP contribution >= 0.6 is 0 Å². The Morgan fingerprint density at radius 2 is 1.85 bits per heavy atom. The Hall–Kier alpha value is -3.38. The van der Waals surface area contributed by atoms with E-state index in [0.717, 1.165) is 51.6 Å². The quantitative estimate of drug-likeness (QED) is 0.401. The zero-order chi connectivity index (χ0) is 28.3.